The van der Waals surface area contributed by atoms with Crippen LogP contribution in [0, 0.1) is 34.4 Å². The Balaban J connectivity index is 1.15. The maximum Gasteiger partial charge on any atom is 0.331 e. The molecular formula is C37H50FNO8. The highest BCUT2D eigenvalue weighted by molar-refractivity contribution is 5.85. The SMILES string of the molecule is C[C@@H]1O[C@H](O[C@H]2CC[C@]3(C=NCCc4ccc(F)cc4)[C@H]4CC[C@]5(C)[C@@H](C6=CC(=O)OC6)CC[C@]5(O)[C@@H]4CC[C@]3(O)C2)C[C@H](O)[C@@H]1O. The van der Waals surface area contributed by atoms with Crippen LogP contribution in [0.2, 0.25) is 0 Å². The van der Waals surface area contributed by atoms with Gasteiger partial charge in [-0.1, -0.05) is 19.1 Å². The first-order chi connectivity index (χ1) is 22.4. The number of aliphatic imine (C=N–C) groups is 1. The number of ether oxygens (including phenoxy) is 3. The number of aliphatic hydroxyl groups excluding tert-OH is 2. The summed E-state index contributed by atoms with van der Waals surface area (Å²) in [5.74, 6) is -0.523. The summed E-state index contributed by atoms with van der Waals surface area (Å²) in [6, 6.07) is 6.46. The maximum absolute atomic E-state index is 13.5. The molecule has 9 nitrogen and oxygen atoms in total. The molecule has 7 rings (SSSR count). The highest BCUT2D eigenvalue weighted by Crippen LogP contribution is 2.70. The number of esters is 1. The van der Waals surface area contributed by atoms with E-state index in [1.807, 2.05) is 6.21 Å². The van der Waals surface area contributed by atoms with Crippen LogP contribution < -0.4 is 0 Å². The highest BCUT2D eigenvalue weighted by atomic mass is 19.1. The highest BCUT2D eigenvalue weighted by Gasteiger charge is 2.71. The lowest BCUT2D eigenvalue weighted by Crippen LogP contribution is -2.69. The van der Waals surface area contributed by atoms with E-state index < -0.39 is 46.6 Å². The molecule has 0 aromatic heterocycles. The quantitative estimate of drug-likeness (QED) is 0.196. The van der Waals surface area contributed by atoms with Gasteiger partial charge in [-0.3, -0.25) is 4.99 Å². The number of fused-ring (bicyclic) bond motifs is 5. The third-order valence-electron chi connectivity index (χ3n) is 13.4. The van der Waals surface area contributed by atoms with Crippen LogP contribution in [0.15, 0.2) is 40.9 Å². The fraction of sp³-hybridized carbons (Fsp3) is 0.730. The van der Waals surface area contributed by atoms with Gasteiger partial charge >= 0.3 is 5.97 Å². The van der Waals surface area contributed by atoms with Gasteiger partial charge in [-0.15, -0.1) is 0 Å². The van der Waals surface area contributed by atoms with Gasteiger partial charge in [0.05, 0.1) is 29.5 Å². The molecule has 0 radical (unpaired) electrons. The van der Waals surface area contributed by atoms with Crippen molar-refractivity contribution in [2.24, 2.45) is 33.6 Å². The Labute approximate surface area is 276 Å². The summed E-state index contributed by atoms with van der Waals surface area (Å²) in [5.41, 5.74) is -1.15. The number of benzene rings is 1. The third kappa shape index (κ3) is 5.51. The van der Waals surface area contributed by atoms with E-state index in [-0.39, 0.29) is 42.1 Å². The minimum absolute atomic E-state index is 0.00644. The molecule has 0 spiro atoms. The number of nitrogens with zero attached hydrogens (tertiary/aromatic N) is 1. The Bertz CT molecular complexity index is 1390. The van der Waals surface area contributed by atoms with Crippen LogP contribution in [0.5, 0.6) is 0 Å². The van der Waals surface area contributed by atoms with Gasteiger partial charge in [0.2, 0.25) is 0 Å². The monoisotopic (exact) mass is 655 g/mol. The molecule has 258 valence electrons. The number of cyclic esters (lactones) is 1. The topological polar surface area (TPSA) is 138 Å². The number of carbonyl (C=O) groups is 1. The van der Waals surface area contributed by atoms with E-state index in [4.69, 9.17) is 19.2 Å². The second-order valence-corrected chi connectivity index (χ2v) is 15.6. The summed E-state index contributed by atoms with van der Waals surface area (Å²) in [6.07, 6.45) is 6.93. The van der Waals surface area contributed by atoms with Crippen molar-refractivity contribution in [2.75, 3.05) is 13.2 Å². The molecule has 1 aromatic carbocycles. The summed E-state index contributed by atoms with van der Waals surface area (Å²) in [6.45, 7) is 4.71. The van der Waals surface area contributed by atoms with Gasteiger partial charge in [0.25, 0.3) is 0 Å². The van der Waals surface area contributed by atoms with Crippen LogP contribution in [0.1, 0.15) is 83.6 Å². The van der Waals surface area contributed by atoms with E-state index >= 15 is 0 Å². The number of rotatable bonds is 7. The Morgan fingerprint density at radius 3 is 2.53 bits per heavy atom. The summed E-state index contributed by atoms with van der Waals surface area (Å²) < 4.78 is 31.0. The molecule has 4 aliphatic carbocycles. The molecule has 6 aliphatic rings. The molecule has 4 saturated carbocycles. The van der Waals surface area contributed by atoms with Crippen molar-refractivity contribution in [1.29, 1.82) is 0 Å². The van der Waals surface area contributed by atoms with Crippen LogP contribution in [0.3, 0.4) is 0 Å². The lowest BCUT2D eigenvalue weighted by atomic mass is 9.41. The van der Waals surface area contributed by atoms with Crippen LogP contribution >= 0.6 is 0 Å². The van der Waals surface area contributed by atoms with Crippen molar-refractivity contribution in [1.82, 2.24) is 0 Å². The van der Waals surface area contributed by atoms with Gasteiger partial charge in [-0.05, 0) is 106 Å². The average molecular weight is 656 g/mol. The van der Waals surface area contributed by atoms with E-state index in [1.54, 1.807) is 25.1 Å². The Hall–Kier alpha value is -2.21. The molecule has 47 heavy (non-hydrogen) atoms. The number of carbonyl (C=O) groups excluding carboxylic acids is 1. The zero-order chi connectivity index (χ0) is 33.2. The van der Waals surface area contributed by atoms with E-state index in [9.17, 15) is 29.6 Å². The molecule has 1 saturated heterocycles. The first-order valence-corrected chi connectivity index (χ1v) is 17.6. The van der Waals surface area contributed by atoms with Crippen molar-refractivity contribution >= 4 is 12.2 Å². The van der Waals surface area contributed by atoms with Gasteiger partial charge in [-0.2, -0.15) is 0 Å². The first-order valence-electron chi connectivity index (χ1n) is 17.6. The Morgan fingerprint density at radius 2 is 1.81 bits per heavy atom. The molecule has 4 N–H and O–H groups in total. The number of hydrogen-bond acceptors (Lipinski definition) is 9. The van der Waals surface area contributed by atoms with Crippen LogP contribution in [-0.4, -0.2) is 87.7 Å². The molecule has 0 bridgehead atoms. The first kappa shape index (κ1) is 33.3. The third-order valence-corrected chi connectivity index (χ3v) is 13.4. The molecule has 0 unspecified atom stereocenters. The Kier molecular flexibility index (Phi) is 8.70. The van der Waals surface area contributed by atoms with Gasteiger partial charge < -0.3 is 34.6 Å². The smallest absolute Gasteiger partial charge is 0.331 e. The molecular weight excluding hydrogens is 605 g/mol. The van der Waals surface area contributed by atoms with Crippen LogP contribution in [0.4, 0.5) is 4.39 Å². The van der Waals surface area contributed by atoms with Crippen molar-refractivity contribution in [3.8, 4) is 0 Å². The summed E-state index contributed by atoms with van der Waals surface area (Å²) >= 11 is 0. The predicted octanol–water partition coefficient (Wildman–Crippen LogP) is 4.03. The second kappa shape index (κ2) is 12.3. The minimum Gasteiger partial charge on any atom is -0.458 e. The van der Waals surface area contributed by atoms with Crippen molar-refractivity contribution in [3.63, 3.8) is 0 Å². The molecule has 1 aromatic rings. The lowest BCUT2D eigenvalue weighted by Gasteiger charge is -2.66. The summed E-state index contributed by atoms with van der Waals surface area (Å²) in [7, 11) is 0. The van der Waals surface area contributed by atoms with E-state index in [1.165, 1.54) is 12.1 Å². The summed E-state index contributed by atoms with van der Waals surface area (Å²) in [4.78, 5) is 16.9. The summed E-state index contributed by atoms with van der Waals surface area (Å²) in [5, 5.41) is 46.0. The fourth-order valence-electron chi connectivity index (χ4n) is 10.9. The number of hydrogen-bond donors (Lipinski definition) is 4. The minimum atomic E-state index is -1.12. The van der Waals surface area contributed by atoms with Gasteiger partial charge in [-0.25, -0.2) is 9.18 Å². The fourth-order valence-corrected chi connectivity index (χ4v) is 10.9. The molecule has 0 amide bonds. The second-order valence-electron chi connectivity index (χ2n) is 15.6. The normalized spacial score (nSPS) is 46.4. The lowest BCUT2D eigenvalue weighted by molar-refractivity contribution is -0.282. The molecule has 10 heteroatoms. The number of aliphatic hydroxyl groups is 4. The standard InChI is InChI=1S/C37H50FNO8/c1-22-33(42)30(40)18-32(46-22)47-26-7-13-35(21-39-16-11-23-3-5-25(38)6-4-23)28-8-12-34(2)27(24-17-31(41)45-20-24)10-15-37(34,44)29(28)9-14-36(35,43)19-26/h3-6,17,21-22,26-30,32-33,40,42-44H,7-16,18-20H2,1-2H3/t22-,26-,27+,28-,29+,30-,32+,33+,34+,35-,36-,37-/m0/s1. The largest absolute Gasteiger partial charge is 0.458 e. The van der Waals surface area contributed by atoms with E-state index in [0.29, 0.717) is 58.1 Å². The van der Waals surface area contributed by atoms with Crippen molar-refractivity contribution in [3.05, 3.63) is 47.3 Å². The average Bonchev–Trinajstić information content (AvgIpc) is 3.58. The molecule has 2 heterocycles. The Morgan fingerprint density at radius 1 is 1.04 bits per heavy atom. The van der Waals surface area contributed by atoms with Gasteiger partial charge in [0.15, 0.2) is 6.29 Å². The molecule has 5 fully saturated rings. The zero-order valence-electron chi connectivity index (χ0n) is 27.5. The van der Waals surface area contributed by atoms with E-state index in [0.717, 1.165) is 30.4 Å². The van der Waals surface area contributed by atoms with Crippen LogP contribution in [0.25, 0.3) is 0 Å². The maximum atomic E-state index is 13.5. The van der Waals surface area contributed by atoms with Gasteiger partial charge in [0, 0.05) is 42.5 Å². The number of halogens is 1. The molecule has 2 aliphatic heterocycles. The van der Waals surface area contributed by atoms with Crippen molar-refractivity contribution < 1.29 is 43.8 Å². The van der Waals surface area contributed by atoms with Gasteiger partial charge in [0.1, 0.15) is 18.5 Å². The molecule has 12 atom stereocenters. The van der Waals surface area contributed by atoms with Crippen LogP contribution in [-0.2, 0) is 25.4 Å². The van der Waals surface area contributed by atoms with Crippen molar-refractivity contribution in [2.45, 2.75) is 126 Å². The van der Waals surface area contributed by atoms with E-state index in [2.05, 4.69) is 6.92 Å². The predicted molar refractivity (Wildman–Crippen MR) is 171 cm³/mol. The zero-order valence-corrected chi connectivity index (χ0v) is 27.5.